The van der Waals surface area contributed by atoms with Crippen molar-refractivity contribution in [2.75, 3.05) is 44.4 Å². The molecule has 0 N–H and O–H groups in total. The molecule has 1 saturated heterocycles. The minimum Gasteiger partial charge on any atom is -0.491 e. The molecule has 5 heteroatoms. The summed E-state index contributed by atoms with van der Waals surface area (Å²) in [6.45, 7) is 8.39. The Morgan fingerprint density at radius 2 is 1.72 bits per heavy atom. The molecule has 3 rings (SSSR count). The Morgan fingerprint density at radius 3 is 2.44 bits per heavy atom. The predicted octanol–water partition coefficient (Wildman–Crippen LogP) is 5.73. The van der Waals surface area contributed by atoms with Crippen LogP contribution in [0.3, 0.4) is 0 Å². The molecule has 172 valence electrons. The Balaban J connectivity index is 1.70. The normalized spacial score (nSPS) is 13.6. The summed E-state index contributed by atoms with van der Waals surface area (Å²) >= 11 is 0. The smallest absolute Gasteiger partial charge is 0.330 e. The molecule has 1 fully saturated rings. The minimum atomic E-state index is -0.314. The van der Waals surface area contributed by atoms with Crippen molar-refractivity contribution in [3.63, 3.8) is 0 Å². The molecule has 0 amide bonds. The van der Waals surface area contributed by atoms with E-state index in [2.05, 4.69) is 42.2 Å². The average molecular weight is 438 g/mol. The van der Waals surface area contributed by atoms with Crippen LogP contribution in [0, 0.1) is 0 Å². The third kappa shape index (κ3) is 7.13. The maximum absolute atomic E-state index is 11.9. The van der Waals surface area contributed by atoms with Gasteiger partial charge in [-0.3, -0.25) is 0 Å². The van der Waals surface area contributed by atoms with Crippen molar-refractivity contribution in [3.05, 3.63) is 54.1 Å². The number of anilines is 1. The second-order valence-corrected chi connectivity index (χ2v) is 7.89. The lowest BCUT2D eigenvalue weighted by Gasteiger charge is -2.21. The van der Waals surface area contributed by atoms with Gasteiger partial charge in [0, 0.05) is 31.5 Å². The van der Waals surface area contributed by atoms with Gasteiger partial charge in [0.2, 0.25) is 0 Å². The molecule has 0 aromatic heterocycles. The van der Waals surface area contributed by atoms with Crippen LogP contribution >= 0.6 is 0 Å². The number of nitrogens with zero attached hydrogens (tertiary/aromatic N) is 1. The van der Waals surface area contributed by atoms with Gasteiger partial charge < -0.3 is 19.1 Å². The van der Waals surface area contributed by atoms with Crippen LogP contribution in [0.15, 0.2) is 48.5 Å². The van der Waals surface area contributed by atoms with Gasteiger partial charge in [-0.15, -0.1) is 0 Å². The van der Waals surface area contributed by atoms with E-state index in [1.807, 2.05) is 25.1 Å². The molecule has 2 aromatic carbocycles. The van der Waals surface area contributed by atoms with Crippen molar-refractivity contribution >= 4 is 17.7 Å². The molecule has 1 heterocycles. The Kier molecular flexibility index (Phi) is 9.63. The van der Waals surface area contributed by atoms with E-state index >= 15 is 0 Å². The molecule has 0 atom stereocenters. The van der Waals surface area contributed by atoms with E-state index in [1.165, 1.54) is 18.9 Å². The van der Waals surface area contributed by atoms with Crippen LogP contribution in [0.25, 0.3) is 17.2 Å². The molecular formula is C27H35NO4. The first kappa shape index (κ1) is 23.9. The minimum absolute atomic E-state index is 0.314. The molecule has 0 aliphatic carbocycles. The van der Waals surface area contributed by atoms with Gasteiger partial charge in [-0.2, -0.15) is 0 Å². The number of hydrogen-bond donors (Lipinski definition) is 0. The van der Waals surface area contributed by atoms with Gasteiger partial charge in [0.15, 0.2) is 0 Å². The van der Waals surface area contributed by atoms with Crippen molar-refractivity contribution in [3.8, 4) is 16.9 Å². The molecule has 0 bridgehead atoms. The number of carbonyl (C=O) groups is 1. The van der Waals surface area contributed by atoms with Crippen LogP contribution in [-0.4, -0.2) is 45.5 Å². The number of unbranched alkanes of at least 4 members (excludes halogenated alkanes) is 1. The summed E-state index contributed by atoms with van der Waals surface area (Å²) in [7, 11) is 0. The molecule has 1 aliphatic rings. The first-order chi connectivity index (χ1) is 15.7. The van der Waals surface area contributed by atoms with E-state index in [-0.39, 0.29) is 5.97 Å². The van der Waals surface area contributed by atoms with E-state index in [4.69, 9.17) is 14.2 Å². The molecular weight excluding hydrogens is 402 g/mol. The lowest BCUT2D eigenvalue weighted by Crippen LogP contribution is -2.18. The van der Waals surface area contributed by atoms with E-state index in [0.717, 1.165) is 60.7 Å². The number of esters is 1. The SMILES string of the molecule is CCCCOCCOc1ccc(-c2ccc(N3CCCC3)c(/C=C/C(=O)OCC)c2)cc1. The monoisotopic (exact) mass is 437 g/mol. The standard InChI is InChI=1S/C27H35NO4/c1-3-5-18-30-19-20-32-25-12-8-22(9-13-25)23-10-14-26(28-16-6-7-17-28)24(21-23)11-15-27(29)31-4-2/h8-15,21H,3-7,16-20H2,1-2H3/b15-11+. The van der Waals surface area contributed by atoms with Crippen molar-refractivity contribution in [1.82, 2.24) is 0 Å². The van der Waals surface area contributed by atoms with Crippen LogP contribution in [-0.2, 0) is 14.3 Å². The van der Waals surface area contributed by atoms with E-state index in [1.54, 1.807) is 0 Å². The van der Waals surface area contributed by atoms with E-state index in [9.17, 15) is 4.79 Å². The van der Waals surface area contributed by atoms with Crippen molar-refractivity contribution < 1.29 is 19.0 Å². The van der Waals surface area contributed by atoms with Gasteiger partial charge in [0.1, 0.15) is 12.4 Å². The van der Waals surface area contributed by atoms with Gasteiger partial charge in [-0.25, -0.2) is 4.79 Å². The number of benzene rings is 2. The van der Waals surface area contributed by atoms with Crippen LogP contribution in [0.1, 0.15) is 45.1 Å². The first-order valence-electron chi connectivity index (χ1n) is 11.8. The number of rotatable bonds is 12. The van der Waals surface area contributed by atoms with Crippen LogP contribution in [0.2, 0.25) is 0 Å². The number of ether oxygens (including phenoxy) is 3. The maximum Gasteiger partial charge on any atom is 0.330 e. The van der Waals surface area contributed by atoms with Gasteiger partial charge in [0.05, 0.1) is 13.2 Å². The largest absolute Gasteiger partial charge is 0.491 e. The van der Waals surface area contributed by atoms with Gasteiger partial charge in [-0.1, -0.05) is 31.5 Å². The fourth-order valence-corrected chi connectivity index (χ4v) is 3.77. The molecule has 5 nitrogen and oxygen atoms in total. The zero-order valence-corrected chi connectivity index (χ0v) is 19.3. The Hall–Kier alpha value is -2.79. The quantitative estimate of drug-likeness (QED) is 0.241. The maximum atomic E-state index is 11.9. The molecule has 0 saturated carbocycles. The molecule has 32 heavy (non-hydrogen) atoms. The number of carbonyl (C=O) groups excluding carboxylic acids is 1. The summed E-state index contributed by atoms with van der Waals surface area (Å²) in [5.74, 6) is 0.523. The second kappa shape index (κ2) is 12.9. The summed E-state index contributed by atoms with van der Waals surface area (Å²) in [5, 5.41) is 0. The fourth-order valence-electron chi connectivity index (χ4n) is 3.77. The van der Waals surface area contributed by atoms with Crippen molar-refractivity contribution in [1.29, 1.82) is 0 Å². The summed E-state index contributed by atoms with van der Waals surface area (Å²) in [6.07, 6.45) is 8.01. The highest BCUT2D eigenvalue weighted by Gasteiger charge is 2.15. The predicted molar refractivity (Wildman–Crippen MR) is 130 cm³/mol. The van der Waals surface area contributed by atoms with Crippen molar-refractivity contribution in [2.24, 2.45) is 0 Å². The summed E-state index contributed by atoms with van der Waals surface area (Å²) in [6, 6.07) is 14.6. The number of hydrogen-bond acceptors (Lipinski definition) is 5. The molecule has 2 aromatic rings. The highest BCUT2D eigenvalue weighted by molar-refractivity contribution is 5.89. The van der Waals surface area contributed by atoms with Gasteiger partial charge >= 0.3 is 5.97 Å². The lowest BCUT2D eigenvalue weighted by molar-refractivity contribution is -0.137. The molecule has 1 aliphatic heterocycles. The fraction of sp³-hybridized carbons (Fsp3) is 0.444. The zero-order valence-electron chi connectivity index (χ0n) is 19.3. The third-order valence-electron chi connectivity index (χ3n) is 5.49. The molecule has 0 unspecified atom stereocenters. The highest BCUT2D eigenvalue weighted by Crippen LogP contribution is 2.31. The lowest BCUT2D eigenvalue weighted by atomic mass is 10.0. The third-order valence-corrected chi connectivity index (χ3v) is 5.49. The van der Waals surface area contributed by atoms with Crippen molar-refractivity contribution in [2.45, 2.75) is 39.5 Å². The molecule has 0 radical (unpaired) electrons. The van der Waals surface area contributed by atoms with Crippen LogP contribution in [0.5, 0.6) is 5.75 Å². The van der Waals surface area contributed by atoms with E-state index in [0.29, 0.717) is 19.8 Å². The summed E-state index contributed by atoms with van der Waals surface area (Å²) < 4.78 is 16.4. The Bertz CT molecular complexity index is 870. The van der Waals surface area contributed by atoms with Gasteiger partial charge in [-0.05, 0) is 73.2 Å². The van der Waals surface area contributed by atoms with Crippen LogP contribution in [0.4, 0.5) is 5.69 Å². The Morgan fingerprint density at radius 1 is 0.969 bits per heavy atom. The first-order valence-corrected chi connectivity index (χ1v) is 11.8. The highest BCUT2D eigenvalue weighted by atomic mass is 16.5. The van der Waals surface area contributed by atoms with Crippen LogP contribution < -0.4 is 9.64 Å². The second-order valence-electron chi connectivity index (χ2n) is 7.89. The average Bonchev–Trinajstić information content (AvgIpc) is 3.35. The summed E-state index contributed by atoms with van der Waals surface area (Å²) in [4.78, 5) is 14.2. The van der Waals surface area contributed by atoms with Gasteiger partial charge in [0.25, 0.3) is 0 Å². The molecule has 0 spiro atoms. The topological polar surface area (TPSA) is 48.0 Å². The zero-order chi connectivity index (χ0) is 22.6. The Labute approximate surface area is 192 Å². The van der Waals surface area contributed by atoms with E-state index < -0.39 is 0 Å². The summed E-state index contributed by atoms with van der Waals surface area (Å²) in [5.41, 5.74) is 4.40.